The molecule has 0 saturated heterocycles. The number of nitrogens with two attached hydrogens (primary N) is 1. The predicted molar refractivity (Wildman–Crippen MR) is 76.8 cm³/mol. The van der Waals surface area contributed by atoms with Crippen molar-refractivity contribution in [2.24, 2.45) is 5.84 Å². The Bertz CT molecular complexity index is 511. The summed E-state index contributed by atoms with van der Waals surface area (Å²) >= 11 is 0. The highest BCUT2D eigenvalue weighted by Gasteiger charge is 1.99. The van der Waals surface area contributed by atoms with Gasteiger partial charge in [0.2, 0.25) is 0 Å². The zero-order valence-corrected chi connectivity index (χ0v) is 11.1. The largest absolute Gasteiger partial charge is 0.487 e. The highest BCUT2D eigenvalue weighted by molar-refractivity contribution is 5.33. The van der Waals surface area contributed by atoms with Crippen LogP contribution in [-0.4, -0.2) is 4.98 Å². The monoisotopic (exact) mass is 257 g/mol. The van der Waals surface area contributed by atoms with Crippen LogP contribution in [0.1, 0.15) is 24.6 Å². The number of aromatic nitrogens is 1. The lowest BCUT2D eigenvalue weighted by molar-refractivity contribution is 0.301. The van der Waals surface area contributed by atoms with E-state index in [1.807, 2.05) is 30.3 Å². The average molecular weight is 257 g/mol. The normalized spacial score (nSPS) is 10.2. The van der Waals surface area contributed by atoms with Crippen LogP contribution in [0.15, 0.2) is 42.5 Å². The van der Waals surface area contributed by atoms with Crippen molar-refractivity contribution in [3.63, 3.8) is 0 Å². The molecular formula is C15H19N3O. The Labute approximate surface area is 113 Å². The highest BCUT2D eigenvalue weighted by atomic mass is 16.5. The maximum absolute atomic E-state index is 5.69. The molecule has 4 nitrogen and oxygen atoms in total. The summed E-state index contributed by atoms with van der Waals surface area (Å²) in [5.74, 6) is 6.81. The number of rotatable bonds is 6. The zero-order chi connectivity index (χ0) is 13.5. The van der Waals surface area contributed by atoms with Gasteiger partial charge in [0.1, 0.15) is 18.2 Å². The Hall–Kier alpha value is -2.07. The first kappa shape index (κ1) is 13.4. The van der Waals surface area contributed by atoms with E-state index in [1.54, 1.807) is 0 Å². The first-order valence-corrected chi connectivity index (χ1v) is 6.46. The van der Waals surface area contributed by atoms with Crippen LogP contribution in [0.4, 0.5) is 5.82 Å². The SMILES string of the molecule is CCCc1ccc(OCc2cccc(NN)n2)cc1. The molecular weight excluding hydrogens is 238 g/mol. The van der Waals surface area contributed by atoms with E-state index in [-0.39, 0.29) is 0 Å². The van der Waals surface area contributed by atoms with E-state index >= 15 is 0 Å². The van der Waals surface area contributed by atoms with Gasteiger partial charge in [0.15, 0.2) is 0 Å². The maximum Gasteiger partial charge on any atom is 0.140 e. The maximum atomic E-state index is 5.69. The number of benzene rings is 1. The van der Waals surface area contributed by atoms with Crippen LogP contribution in [0.5, 0.6) is 5.75 Å². The third-order valence-corrected chi connectivity index (χ3v) is 2.80. The number of nitrogen functional groups attached to an aromatic ring is 1. The van der Waals surface area contributed by atoms with Gasteiger partial charge in [-0.2, -0.15) is 0 Å². The molecule has 0 radical (unpaired) electrons. The van der Waals surface area contributed by atoms with Gasteiger partial charge in [-0.25, -0.2) is 10.8 Å². The lowest BCUT2D eigenvalue weighted by atomic mass is 10.1. The predicted octanol–water partition coefficient (Wildman–Crippen LogP) is 2.90. The lowest BCUT2D eigenvalue weighted by Crippen LogP contribution is -2.09. The van der Waals surface area contributed by atoms with Gasteiger partial charge in [0.25, 0.3) is 0 Å². The first-order valence-electron chi connectivity index (χ1n) is 6.46. The number of nitrogens with one attached hydrogen (secondary N) is 1. The molecule has 0 aliphatic carbocycles. The van der Waals surface area contributed by atoms with Gasteiger partial charge in [0.05, 0.1) is 5.69 Å². The molecule has 1 aromatic carbocycles. The number of pyridine rings is 1. The molecule has 19 heavy (non-hydrogen) atoms. The Morgan fingerprint density at radius 1 is 1.16 bits per heavy atom. The molecule has 4 heteroatoms. The molecule has 0 aliphatic heterocycles. The molecule has 2 rings (SSSR count). The molecule has 0 fully saturated rings. The number of aryl methyl sites for hydroxylation is 1. The van der Waals surface area contributed by atoms with Gasteiger partial charge >= 0.3 is 0 Å². The van der Waals surface area contributed by atoms with Crippen molar-refractivity contribution in [3.8, 4) is 5.75 Å². The van der Waals surface area contributed by atoms with Gasteiger partial charge in [-0.05, 0) is 36.2 Å². The van der Waals surface area contributed by atoms with Crippen LogP contribution < -0.4 is 16.0 Å². The van der Waals surface area contributed by atoms with Gasteiger partial charge in [-0.15, -0.1) is 0 Å². The van der Waals surface area contributed by atoms with Crippen molar-refractivity contribution in [1.82, 2.24) is 4.98 Å². The van der Waals surface area contributed by atoms with E-state index in [2.05, 4.69) is 29.5 Å². The summed E-state index contributed by atoms with van der Waals surface area (Å²) < 4.78 is 5.69. The van der Waals surface area contributed by atoms with E-state index in [9.17, 15) is 0 Å². The highest BCUT2D eigenvalue weighted by Crippen LogP contribution is 2.15. The summed E-state index contributed by atoms with van der Waals surface area (Å²) in [6.07, 6.45) is 2.26. The Morgan fingerprint density at radius 3 is 2.63 bits per heavy atom. The second-order valence-corrected chi connectivity index (χ2v) is 4.34. The van der Waals surface area contributed by atoms with E-state index in [0.29, 0.717) is 12.4 Å². The fourth-order valence-electron chi connectivity index (χ4n) is 1.84. The summed E-state index contributed by atoms with van der Waals surface area (Å²) in [5.41, 5.74) is 4.70. The number of ether oxygens (including phenoxy) is 1. The third-order valence-electron chi connectivity index (χ3n) is 2.80. The third kappa shape index (κ3) is 3.96. The van der Waals surface area contributed by atoms with Gasteiger partial charge in [-0.1, -0.05) is 31.5 Å². The van der Waals surface area contributed by atoms with Crippen molar-refractivity contribution in [3.05, 3.63) is 53.7 Å². The van der Waals surface area contributed by atoms with Crippen LogP contribution in [0.2, 0.25) is 0 Å². The lowest BCUT2D eigenvalue weighted by Gasteiger charge is -2.07. The Kier molecular flexibility index (Phi) is 4.75. The topological polar surface area (TPSA) is 60.2 Å². The van der Waals surface area contributed by atoms with Crippen LogP contribution >= 0.6 is 0 Å². The Balaban J connectivity index is 1.94. The number of nitrogens with zero attached hydrogens (tertiary/aromatic N) is 1. The van der Waals surface area contributed by atoms with Gasteiger partial charge < -0.3 is 10.2 Å². The second kappa shape index (κ2) is 6.75. The zero-order valence-electron chi connectivity index (χ0n) is 11.1. The summed E-state index contributed by atoms with van der Waals surface area (Å²) in [4.78, 5) is 4.29. The van der Waals surface area contributed by atoms with Crippen molar-refractivity contribution in [1.29, 1.82) is 0 Å². The van der Waals surface area contributed by atoms with Gasteiger partial charge in [0, 0.05) is 0 Å². The molecule has 100 valence electrons. The first-order chi connectivity index (χ1) is 9.31. The molecule has 2 aromatic rings. The Morgan fingerprint density at radius 2 is 1.95 bits per heavy atom. The van der Waals surface area contributed by atoms with E-state index < -0.39 is 0 Å². The minimum absolute atomic E-state index is 0.433. The molecule has 0 aliphatic rings. The standard InChI is InChI=1S/C15H19N3O/c1-2-4-12-7-9-14(10-8-12)19-11-13-5-3-6-15(17-13)18-16/h3,5-10H,2,4,11,16H2,1H3,(H,17,18). The summed E-state index contributed by atoms with van der Waals surface area (Å²) in [5, 5.41) is 0. The average Bonchev–Trinajstić information content (AvgIpc) is 2.47. The number of anilines is 1. The second-order valence-electron chi connectivity index (χ2n) is 4.34. The molecule has 0 atom stereocenters. The molecule has 0 amide bonds. The quantitative estimate of drug-likeness (QED) is 0.617. The molecule has 1 heterocycles. The van der Waals surface area contributed by atoms with Crippen molar-refractivity contribution >= 4 is 5.82 Å². The molecule has 0 unspecified atom stereocenters. The fourth-order valence-corrected chi connectivity index (χ4v) is 1.84. The molecule has 0 bridgehead atoms. The minimum Gasteiger partial charge on any atom is -0.487 e. The number of hydrogen-bond acceptors (Lipinski definition) is 4. The van der Waals surface area contributed by atoms with Gasteiger partial charge in [-0.3, -0.25) is 0 Å². The van der Waals surface area contributed by atoms with Crippen molar-refractivity contribution < 1.29 is 4.74 Å². The van der Waals surface area contributed by atoms with Crippen molar-refractivity contribution in [2.45, 2.75) is 26.4 Å². The van der Waals surface area contributed by atoms with Crippen LogP contribution in [0.3, 0.4) is 0 Å². The summed E-state index contributed by atoms with van der Waals surface area (Å²) in [6, 6.07) is 13.8. The van der Waals surface area contributed by atoms with E-state index in [0.717, 1.165) is 24.3 Å². The van der Waals surface area contributed by atoms with Crippen LogP contribution in [0, 0.1) is 0 Å². The number of hydrogen-bond donors (Lipinski definition) is 2. The van der Waals surface area contributed by atoms with Crippen LogP contribution in [0.25, 0.3) is 0 Å². The summed E-state index contributed by atoms with van der Waals surface area (Å²) in [6.45, 7) is 2.61. The molecule has 0 spiro atoms. The molecule has 1 aromatic heterocycles. The van der Waals surface area contributed by atoms with Crippen LogP contribution in [-0.2, 0) is 13.0 Å². The smallest absolute Gasteiger partial charge is 0.140 e. The molecule has 0 saturated carbocycles. The van der Waals surface area contributed by atoms with E-state index in [4.69, 9.17) is 10.6 Å². The molecule has 3 N–H and O–H groups in total. The fraction of sp³-hybridized carbons (Fsp3) is 0.267. The van der Waals surface area contributed by atoms with E-state index in [1.165, 1.54) is 5.56 Å². The number of hydrazine groups is 1. The summed E-state index contributed by atoms with van der Waals surface area (Å²) in [7, 11) is 0. The van der Waals surface area contributed by atoms with Crippen molar-refractivity contribution in [2.75, 3.05) is 5.43 Å². The minimum atomic E-state index is 0.433.